The lowest BCUT2D eigenvalue weighted by molar-refractivity contribution is -0.144. The number of hydrogen-bond acceptors (Lipinski definition) is 4. The van der Waals surface area contributed by atoms with Crippen LogP contribution in [0.15, 0.2) is 72.8 Å². The van der Waals surface area contributed by atoms with Crippen LogP contribution in [0.3, 0.4) is 0 Å². The van der Waals surface area contributed by atoms with E-state index >= 15 is 0 Å². The molecule has 2 saturated heterocycles. The molecule has 41 heavy (non-hydrogen) atoms. The molecule has 3 heterocycles. The van der Waals surface area contributed by atoms with Crippen molar-refractivity contribution in [3.63, 3.8) is 0 Å². The topological polar surface area (TPSA) is 56.7 Å². The molecule has 2 aliphatic heterocycles. The van der Waals surface area contributed by atoms with Crippen molar-refractivity contribution in [1.82, 2.24) is 14.8 Å². The minimum absolute atomic E-state index is 0.142. The molecule has 3 aromatic rings. The highest BCUT2D eigenvalue weighted by molar-refractivity contribution is 5.73. The predicted molar refractivity (Wildman–Crippen MR) is 159 cm³/mol. The first-order valence-corrected chi connectivity index (χ1v) is 15.5. The van der Waals surface area contributed by atoms with Gasteiger partial charge in [0.15, 0.2) is 0 Å². The molecule has 2 aromatic carbocycles. The Labute approximate surface area is 243 Å². The third-order valence-electron chi connectivity index (χ3n) is 9.81. The molecule has 5 nitrogen and oxygen atoms in total. The summed E-state index contributed by atoms with van der Waals surface area (Å²) in [5.74, 6) is 0.485. The molecule has 1 N–H and O–H groups in total. The molecule has 216 valence electrons. The molecular formula is C35H42FN3O2. The minimum atomic E-state index is -0.710. The lowest BCUT2D eigenvalue weighted by Gasteiger charge is -2.35. The van der Waals surface area contributed by atoms with Gasteiger partial charge in [-0.3, -0.25) is 14.7 Å². The van der Waals surface area contributed by atoms with Crippen molar-refractivity contribution >= 4 is 5.97 Å². The summed E-state index contributed by atoms with van der Waals surface area (Å²) in [4.78, 5) is 22.1. The smallest absolute Gasteiger partial charge is 0.320 e. The number of halogens is 1. The maximum Gasteiger partial charge on any atom is 0.320 e. The summed E-state index contributed by atoms with van der Waals surface area (Å²) in [7, 11) is 0. The number of hydrogen-bond donors (Lipinski definition) is 1. The zero-order valence-corrected chi connectivity index (χ0v) is 23.9. The summed E-state index contributed by atoms with van der Waals surface area (Å²) in [5, 5.41) is 10.1. The molecule has 0 radical (unpaired) electrons. The van der Waals surface area contributed by atoms with Crippen LogP contribution in [0.1, 0.15) is 72.9 Å². The zero-order chi connectivity index (χ0) is 28.2. The van der Waals surface area contributed by atoms with Gasteiger partial charge in [-0.2, -0.15) is 0 Å². The molecular weight excluding hydrogens is 513 g/mol. The SMILES string of the molecule is O=C(O)C(CC1CCC1)N1CC(CN2CCC(c3cccc(Cc4ccccc4)n3)CC2)C(c2cccc(F)c2)C1. The van der Waals surface area contributed by atoms with E-state index in [4.69, 9.17) is 4.98 Å². The van der Waals surface area contributed by atoms with Gasteiger partial charge in [0.1, 0.15) is 11.9 Å². The number of aromatic nitrogens is 1. The molecule has 3 atom stereocenters. The van der Waals surface area contributed by atoms with Crippen LogP contribution in [0.2, 0.25) is 0 Å². The van der Waals surface area contributed by atoms with Gasteiger partial charge in [-0.15, -0.1) is 0 Å². The van der Waals surface area contributed by atoms with Crippen molar-refractivity contribution in [2.75, 3.05) is 32.7 Å². The molecule has 1 aliphatic carbocycles. The van der Waals surface area contributed by atoms with Crippen LogP contribution >= 0.6 is 0 Å². The van der Waals surface area contributed by atoms with Gasteiger partial charge < -0.3 is 10.0 Å². The highest BCUT2D eigenvalue weighted by atomic mass is 19.1. The third kappa shape index (κ3) is 6.87. The molecule has 1 saturated carbocycles. The Morgan fingerprint density at radius 3 is 2.44 bits per heavy atom. The average molecular weight is 556 g/mol. The molecule has 3 aliphatic rings. The number of likely N-dealkylation sites (tertiary alicyclic amines) is 2. The monoisotopic (exact) mass is 555 g/mol. The molecule has 6 heteroatoms. The van der Waals surface area contributed by atoms with Crippen LogP contribution in [0, 0.1) is 17.7 Å². The van der Waals surface area contributed by atoms with Gasteiger partial charge in [-0.05, 0) is 79.6 Å². The molecule has 0 spiro atoms. The van der Waals surface area contributed by atoms with E-state index in [-0.39, 0.29) is 17.7 Å². The number of pyridine rings is 1. The second kappa shape index (κ2) is 12.8. The summed E-state index contributed by atoms with van der Waals surface area (Å²) in [6.45, 7) is 4.38. The van der Waals surface area contributed by atoms with E-state index in [1.165, 1.54) is 23.7 Å². The van der Waals surface area contributed by atoms with E-state index in [0.717, 1.165) is 76.0 Å². The van der Waals surface area contributed by atoms with Gasteiger partial charge in [0, 0.05) is 49.3 Å². The number of carboxylic acids is 1. The Balaban J connectivity index is 1.10. The fourth-order valence-electron chi connectivity index (χ4n) is 7.28. The van der Waals surface area contributed by atoms with Gasteiger partial charge in [0.05, 0.1) is 0 Å². The third-order valence-corrected chi connectivity index (χ3v) is 9.81. The van der Waals surface area contributed by atoms with Crippen LogP contribution in [0.5, 0.6) is 0 Å². The van der Waals surface area contributed by atoms with Crippen molar-refractivity contribution in [3.05, 3.63) is 101 Å². The highest BCUT2D eigenvalue weighted by Gasteiger charge is 2.41. The Kier molecular flexibility index (Phi) is 8.78. The number of aliphatic carboxylic acids is 1. The number of piperidine rings is 1. The number of rotatable bonds is 10. The quantitative estimate of drug-likeness (QED) is 0.316. The second-order valence-electron chi connectivity index (χ2n) is 12.6. The van der Waals surface area contributed by atoms with Crippen molar-refractivity contribution in [2.45, 2.75) is 62.8 Å². The van der Waals surface area contributed by atoms with E-state index in [1.54, 1.807) is 12.1 Å². The van der Waals surface area contributed by atoms with Gasteiger partial charge in [-0.25, -0.2) is 4.39 Å². The van der Waals surface area contributed by atoms with Crippen LogP contribution in [-0.2, 0) is 11.2 Å². The largest absolute Gasteiger partial charge is 0.480 e. The van der Waals surface area contributed by atoms with E-state index < -0.39 is 12.0 Å². The number of nitrogens with zero attached hydrogens (tertiary/aromatic N) is 3. The summed E-state index contributed by atoms with van der Waals surface area (Å²) in [5.41, 5.74) is 4.60. The fourth-order valence-corrected chi connectivity index (χ4v) is 7.28. The standard InChI is InChI=1S/C35H42FN3O2/c36-30-12-5-11-28(21-30)32-24-39(34(35(40)41)20-26-9-4-10-26)23-29(32)22-38-17-15-27(16-18-38)33-14-6-13-31(37-33)19-25-7-2-1-3-8-25/h1-3,5-8,11-14,21,26-27,29,32,34H,4,9-10,15-20,22-24H2,(H,40,41). The zero-order valence-electron chi connectivity index (χ0n) is 23.9. The normalized spacial score (nSPS) is 23.3. The van der Waals surface area contributed by atoms with Crippen LogP contribution in [0.25, 0.3) is 0 Å². The number of carbonyl (C=O) groups is 1. The van der Waals surface area contributed by atoms with Gasteiger partial charge >= 0.3 is 5.97 Å². The number of benzene rings is 2. The maximum absolute atomic E-state index is 14.2. The Bertz CT molecular complexity index is 1310. The van der Waals surface area contributed by atoms with Crippen molar-refractivity contribution in [1.29, 1.82) is 0 Å². The lowest BCUT2D eigenvalue weighted by atomic mass is 9.80. The van der Waals surface area contributed by atoms with E-state index in [2.05, 4.69) is 52.3 Å². The average Bonchev–Trinajstić information content (AvgIpc) is 3.36. The Morgan fingerprint density at radius 1 is 0.951 bits per heavy atom. The van der Waals surface area contributed by atoms with Crippen molar-refractivity contribution < 1.29 is 14.3 Å². The lowest BCUT2D eigenvalue weighted by Crippen LogP contribution is -2.43. The first kappa shape index (κ1) is 28.0. The Hall–Kier alpha value is -3.09. The molecule has 1 aromatic heterocycles. The van der Waals surface area contributed by atoms with Gasteiger partial charge in [-0.1, -0.05) is 67.8 Å². The first-order chi connectivity index (χ1) is 20.0. The van der Waals surface area contributed by atoms with Crippen LogP contribution < -0.4 is 0 Å². The molecule has 6 rings (SSSR count). The van der Waals surface area contributed by atoms with Crippen molar-refractivity contribution in [3.8, 4) is 0 Å². The number of carboxylic acid groups (broad SMARTS) is 1. The highest BCUT2D eigenvalue weighted by Crippen LogP contribution is 2.39. The fraction of sp³-hybridized carbons (Fsp3) is 0.486. The molecule has 3 fully saturated rings. The molecule has 0 amide bonds. The molecule has 0 bridgehead atoms. The predicted octanol–water partition coefficient (Wildman–Crippen LogP) is 6.35. The second-order valence-corrected chi connectivity index (χ2v) is 12.6. The molecule has 3 unspecified atom stereocenters. The van der Waals surface area contributed by atoms with Crippen molar-refractivity contribution in [2.24, 2.45) is 11.8 Å². The summed E-state index contributed by atoms with van der Waals surface area (Å²) < 4.78 is 14.2. The summed E-state index contributed by atoms with van der Waals surface area (Å²) in [6, 6.07) is 23.5. The maximum atomic E-state index is 14.2. The Morgan fingerprint density at radius 2 is 1.73 bits per heavy atom. The van der Waals surface area contributed by atoms with Gasteiger partial charge in [0.2, 0.25) is 0 Å². The van der Waals surface area contributed by atoms with Crippen LogP contribution in [0.4, 0.5) is 4.39 Å². The summed E-state index contributed by atoms with van der Waals surface area (Å²) in [6.07, 6.45) is 7.24. The van der Waals surface area contributed by atoms with Crippen LogP contribution in [-0.4, -0.2) is 64.6 Å². The minimum Gasteiger partial charge on any atom is -0.480 e. The van der Waals surface area contributed by atoms with E-state index in [0.29, 0.717) is 18.4 Å². The van der Waals surface area contributed by atoms with E-state index in [9.17, 15) is 14.3 Å². The first-order valence-electron chi connectivity index (χ1n) is 15.5. The van der Waals surface area contributed by atoms with E-state index in [1.807, 2.05) is 12.1 Å². The summed E-state index contributed by atoms with van der Waals surface area (Å²) >= 11 is 0. The van der Waals surface area contributed by atoms with Gasteiger partial charge in [0.25, 0.3) is 0 Å².